The topological polar surface area (TPSA) is 73.6 Å². The van der Waals surface area contributed by atoms with Crippen molar-refractivity contribution >= 4 is 11.4 Å². The molecule has 1 aromatic rings. The van der Waals surface area contributed by atoms with Crippen LogP contribution in [0.5, 0.6) is 5.75 Å². The second kappa shape index (κ2) is 8.37. The summed E-state index contributed by atoms with van der Waals surface area (Å²) < 4.78 is 10.7. The zero-order valence-corrected chi connectivity index (χ0v) is 12.2. The van der Waals surface area contributed by atoms with E-state index in [-0.39, 0.29) is 11.7 Å². The van der Waals surface area contributed by atoms with Gasteiger partial charge in [-0.25, -0.2) is 0 Å². The molecule has 0 saturated carbocycles. The molecule has 0 radical (unpaired) electrons. The van der Waals surface area contributed by atoms with E-state index in [0.29, 0.717) is 31.3 Å². The maximum absolute atomic E-state index is 11.3. The van der Waals surface area contributed by atoms with Crippen molar-refractivity contribution < 1.29 is 14.4 Å². The van der Waals surface area contributed by atoms with Crippen LogP contribution in [0.3, 0.4) is 0 Å². The van der Waals surface area contributed by atoms with Crippen LogP contribution in [-0.4, -0.2) is 30.8 Å². The van der Waals surface area contributed by atoms with Crippen molar-refractivity contribution in [1.29, 1.82) is 0 Å². The number of hydrogen-bond donors (Lipinski definition) is 1. The smallest absolute Gasteiger partial charge is 0.333 e. The fraction of sp³-hybridized carbons (Fsp3) is 0.571. The minimum Gasteiger partial charge on any atom is -0.487 e. The van der Waals surface area contributed by atoms with E-state index in [1.807, 2.05) is 20.8 Å². The summed E-state index contributed by atoms with van der Waals surface area (Å²) in [5.41, 5.74) is 0.431. The van der Waals surface area contributed by atoms with Gasteiger partial charge < -0.3 is 14.8 Å². The molecule has 112 valence electrons. The zero-order valence-electron chi connectivity index (χ0n) is 12.2. The highest BCUT2D eigenvalue weighted by atomic mass is 16.6. The van der Waals surface area contributed by atoms with E-state index in [2.05, 4.69) is 5.32 Å². The van der Waals surface area contributed by atoms with E-state index in [0.717, 1.165) is 6.42 Å². The highest BCUT2D eigenvalue weighted by Crippen LogP contribution is 2.35. The Morgan fingerprint density at radius 3 is 2.75 bits per heavy atom. The first-order valence-electron chi connectivity index (χ1n) is 6.84. The Balaban J connectivity index is 2.91. The van der Waals surface area contributed by atoms with Crippen LogP contribution in [0.1, 0.15) is 27.2 Å². The molecule has 0 bridgehead atoms. The second-order valence-electron chi connectivity index (χ2n) is 4.46. The van der Waals surface area contributed by atoms with Crippen molar-refractivity contribution in [3.05, 3.63) is 28.3 Å². The van der Waals surface area contributed by atoms with Crippen LogP contribution in [0, 0.1) is 10.1 Å². The maximum atomic E-state index is 11.3. The monoisotopic (exact) mass is 282 g/mol. The molecular weight excluding hydrogens is 260 g/mol. The molecule has 1 N–H and O–H groups in total. The third-order valence-electron chi connectivity index (χ3n) is 2.62. The number of nitro groups is 1. The van der Waals surface area contributed by atoms with Gasteiger partial charge in [-0.05, 0) is 32.4 Å². The summed E-state index contributed by atoms with van der Waals surface area (Å²) in [6.07, 6.45) is 0.801. The van der Waals surface area contributed by atoms with Gasteiger partial charge in [0.15, 0.2) is 5.75 Å². The Bertz CT molecular complexity index is 437. The van der Waals surface area contributed by atoms with Gasteiger partial charge in [-0.15, -0.1) is 0 Å². The van der Waals surface area contributed by atoms with Crippen LogP contribution < -0.4 is 10.1 Å². The minimum atomic E-state index is -0.416. The van der Waals surface area contributed by atoms with Crippen LogP contribution in [-0.2, 0) is 4.74 Å². The quantitative estimate of drug-likeness (QED) is 0.556. The first-order valence-corrected chi connectivity index (χ1v) is 6.84. The van der Waals surface area contributed by atoms with Gasteiger partial charge in [-0.2, -0.15) is 0 Å². The maximum Gasteiger partial charge on any atom is 0.333 e. The Labute approximate surface area is 119 Å². The van der Waals surface area contributed by atoms with Crippen molar-refractivity contribution in [3.63, 3.8) is 0 Å². The molecule has 20 heavy (non-hydrogen) atoms. The number of ether oxygens (including phenoxy) is 2. The molecule has 6 heteroatoms. The first kappa shape index (κ1) is 16.2. The predicted octanol–water partition coefficient (Wildman–Crippen LogP) is 3.22. The second-order valence-corrected chi connectivity index (χ2v) is 4.46. The SMILES string of the molecule is CCCOc1cccc(NC(C)COCC)c1[N+](=O)[O-]. The lowest BCUT2D eigenvalue weighted by Crippen LogP contribution is -2.22. The largest absolute Gasteiger partial charge is 0.487 e. The molecule has 0 saturated heterocycles. The summed E-state index contributed by atoms with van der Waals surface area (Å²) in [7, 11) is 0. The number of para-hydroxylation sites is 1. The highest BCUT2D eigenvalue weighted by Gasteiger charge is 2.21. The summed E-state index contributed by atoms with van der Waals surface area (Å²) >= 11 is 0. The average molecular weight is 282 g/mol. The summed E-state index contributed by atoms with van der Waals surface area (Å²) in [5, 5.41) is 14.4. The van der Waals surface area contributed by atoms with Gasteiger partial charge in [0, 0.05) is 12.6 Å². The van der Waals surface area contributed by atoms with Crippen molar-refractivity contribution in [2.24, 2.45) is 0 Å². The molecule has 0 aliphatic carbocycles. The summed E-state index contributed by atoms with van der Waals surface area (Å²) in [5.74, 6) is 0.297. The van der Waals surface area contributed by atoms with Gasteiger partial charge >= 0.3 is 5.69 Å². The fourth-order valence-corrected chi connectivity index (χ4v) is 1.76. The molecule has 1 rings (SSSR count). The van der Waals surface area contributed by atoms with E-state index in [1.54, 1.807) is 18.2 Å². The number of anilines is 1. The molecule has 0 heterocycles. The normalized spacial score (nSPS) is 11.9. The molecule has 0 aliphatic heterocycles. The first-order chi connectivity index (χ1) is 9.60. The lowest BCUT2D eigenvalue weighted by Gasteiger charge is -2.16. The minimum absolute atomic E-state index is 0.0184. The molecule has 0 spiro atoms. The van der Waals surface area contributed by atoms with E-state index < -0.39 is 4.92 Å². The zero-order chi connectivity index (χ0) is 15.0. The number of nitrogens with one attached hydrogen (secondary N) is 1. The molecule has 1 atom stereocenters. The molecule has 0 fully saturated rings. The molecule has 0 amide bonds. The van der Waals surface area contributed by atoms with Crippen molar-refractivity contribution in [1.82, 2.24) is 0 Å². The van der Waals surface area contributed by atoms with Gasteiger partial charge in [0.2, 0.25) is 0 Å². The predicted molar refractivity (Wildman–Crippen MR) is 78.5 cm³/mol. The Hall–Kier alpha value is -1.82. The lowest BCUT2D eigenvalue weighted by atomic mass is 10.2. The third-order valence-corrected chi connectivity index (χ3v) is 2.62. The highest BCUT2D eigenvalue weighted by molar-refractivity contribution is 5.68. The van der Waals surface area contributed by atoms with E-state index in [1.165, 1.54) is 0 Å². The van der Waals surface area contributed by atoms with Gasteiger partial charge in [-0.1, -0.05) is 13.0 Å². The van der Waals surface area contributed by atoms with Gasteiger partial charge in [0.05, 0.1) is 18.1 Å². The number of rotatable bonds is 9. The summed E-state index contributed by atoms with van der Waals surface area (Å²) in [6, 6.07) is 5.02. The third kappa shape index (κ3) is 4.70. The van der Waals surface area contributed by atoms with Crippen molar-refractivity contribution in [2.75, 3.05) is 25.1 Å². The fourth-order valence-electron chi connectivity index (χ4n) is 1.76. The standard InChI is InChI=1S/C14H22N2O4/c1-4-9-20-13-8-6-7-12(14(13)16(17)18)15-11(3)10-19-5-2/h6-8,11,15H,4-5,9-10H2,1-3H3. The van der Waals surface area contributed by atoms with Crippen LogP contribution in [0.2, 0.25) is 0 Å². The van der Waals surface area contributed by atoms with Gasteiger partial charge in [0.1, 0.15) is 5.69 Å². The Morgan fingerprint density at radius 2 is 2.15 bits per heavy atom. The number of hydrogen-bond acceptors (Lipinski definition) is 5. The lowest BCUT2D eigenvalue weighted by molar-refractivity contribution is -0.385. The average Bonchev–Trinajstić information content (AvgIpc) is 2.42. The number of benzene rings is 1. The van der Waals surface area contributed by atoms with E-state index >= 15 is 0 Å². The van der Waals surface area contributed by atoms with Crippen LogP contribution in [0.25, 0.3) is 0 Å². The van der Waals surface area contributed by atoms with Crippen LogP contribution in [0.15, 0.2) is 18.2 Å². The number of nitro benzene ring substituents is 1. The molecule has 0 aromatic heterocycles. The van der Waals surface area contributed by atoms with Gasteiger partial charge in [-0.3, -0.25) is 10.1 Å². The van der Waals surface area contributed by atoms with Crippen LogP contribution in [0.4, 0.5) is 11.4 Å². The number of nitrogens with zero attached hydrogens (tertiary/aromatic N) is 1. The summed E-state index contributed by atoms with van der Waals surface area (Å²) in [4.78, 5) is 10.8. The molecule has 0 aliphatic rings. The Kier molecular flexibility index (Phi) is 6.79. The molecule has 1 aromatic carbocycles. The van der Waals surface area contributed by atoms with Crippen LogP contribution >= 0.6 is 0 Å². The summed E-state index contributed by atoms with van der Waals surface area (Å²) in [6.45, 7) is 7.35. The van der Waals surface area contributed by atoms with Crippen molar-refractivity contribution in [2.45, 2.75) is 33.2 Å². The van der Waals surface area contributed by atoms with E-state index in [4.69, 9.17) is 9.47 Å². The van der Waals surface area contributed by atoms with Crippen molar-refractivity contribution in [3.8, 4) is 5.75 Å². The molecule has 6 nitrogen and oxygen atoms in total. The molecule has 1 unspecified atom stereocenters. The Morgan fingerprint density at radius 1 is 1.40 bits per heavy atom. The van der Waals surface area contributed by atoms with E-state index in [9.17, 15) is 10.1 Å². The van der Waals surface area contributed by atoms with Gasteiger partial charge in [0.25, 0.3) is 0 Å². The molecular formula is C14H22N2O4.